The Morgan fingerprint density at radius 2 is 1.30 bits per heavy atom. The number of hydrogen-bond donors (Lipinski definition) is 0. The van der Waals surface area contributed by atoms with Crippen LogP contribution in [-0.4, -0.2) is 10.8 Å². The number of aromatic nitrogens is 1. The van der Waals surface area contributed by atoms with Gasteiger partial charge in [-0.1, -0.05) is 84.9 Å². The summed E-state index contributed by atoms with van der Waals surface area (Å²) in [6, 6.07) is 32.3. The van der Waals surface area contributed by atoms with Gasteiger partial charge in [0.2, 0.25) is 11.8 Å². The molecular formula is C29H25NO3. The fraction of sp³-hybridized carbons (Fsp3) is 0.172. The lowest BCUT2D eigenvalue weighted by Gasteiger charge is -2.24. The molecule has 0 bridgehead atoms. The van der Waals surface area contributed by atoms with E-state index in [1.54, 1.807) is 0 Å². The molecule has 0 N–H and O–H groups in total. The highest BCUT2D eigenvalue weighted by atomic mass is 16.5. The van der Waals surface area contributed by atoms with E-state index in [1.807, 2.05) is 72.8 Å². The molecule has 1 fully saturated rings. The number of Topliss-reactive ketones (excluding diaryl/α,β-unsaturated/α-hetero) is 1. The molecule has 1 aromatic heterocycles. The van der Waals surface area contributed by atoms with Crippen molar-refractivity contribution in [2.24, 2.45) is 0 Å². The normalized spacial score (nSPS) is 13.4. The third-order valence-electron chi connectivity index (χ3n) is 5.92. The molecule has 0 saturated heterocycles. The molecule has 164 valence electrons. The first-order chi connectivity index (χ1) is 16.2. The average Bonchev–Trinajstić information content (AvgIpc) is 2.86. The molecule has 1 aliphatic rings. The molecular weight excluding hydrogens is 410 g/mol. The Bertz CT molecular complexity index is 1210. The van der Waals surface area contributed by atoms with E-state index in [0.29, 0.717) is 49.5 Å². The summed E-state index contributed by atoms with van der Waals surface area (Å²) in [5.74, 6) is 1.76. The van der Waals surface area contributed by atoms with Gasteiger partial charge in [0.05, 0.1) is 0 Å². The molecule has 0 spiro atoms. The second-order valence-electron chi connectivity index (χ2n) is 8.32. The molecule has 1 aliphatic carbocycles. The maximum absolute atomic E-state index is 11.3. The number of carbonyl (C=O) groups is 1. The molecule has 0 radical (unpaired) electrons. The van der Waals surface area contributed by atoms with E-state index in [4.69, 9.17) is 9.47 Å². The van der Waals surface area contributed by atoms with Gasteiger partial charge in [-0.15, -0.1) is 0 Å². The van der Waals surface area contributed by atoms with Gasteiger partial charge in [0.1, 0.15) is 19.0 Å². The van der Waals surface area contributed by atoms with Gasteiger partial charge < -0.3 is 9.47 Å². The number of carbonyl (C=O) groups excluding carboxylic acids is 1. The van der Waals surface area contributed by atoms with Crippen LogP contribution in [0.5, 0.6) is 11.8 Å². The first-order valence-electron chi connectivity index (χ1n) is 11.2. The van der Waals surface area contributed by atoms with Crippen molar-refractivity contribution in [1.82, 2.24) is 4.98 Å². The first-order valence-corrected chi connectivity index (χ1v) is 11.2. The van der Waals surface area contributed by atoms with Crippen LogP contribution < -0.4 is 9.47 Å². The molecule has 5 rings (SSSR count). The maximum atomic E-state index is 11.3. The Morgan fingerprint density at radius 1 is 0.697 bits per heavy atom. The van der Waals surface area contributed by atoms with Gasteiger partial charge in [-0.25, -0.2) is 0 Å². The quantitative estimate of drug-likeness (QED) is 0.323. The Balaban J connectivity index is 1.38. The zero-order valence-electron chi connectivity index (χ0n) is 18.3. The van der Waals surface area contributed by atoms with E-state index in [0.717, 1.165) is 22.3 Å². The van der Waals surface area contributed by atoms with Gasteiger partial charge in [-0.2, -0.15) is 4.98 Å². The van der Waals surface area contributed by atoms with Crippen molar-refractivity contribution in [3.63, 3.8) is 0 Å². The van der Waals surface area contributed by atoms with Crippen LogP contribution in [0.3, 0.4) is 0 Å². The lowest BCUT2D eigenvalue weighted by molar-refractivity contribution is -0.124. The van der Waals surface area contributed by atoms with Gasteiger partial charge in [0, 0.05) is 24.5 Å². The van der Waals surface area contributed by atoms with E-state index in [2.05, 4.69) is 29.2 Å². The topological polar surface area (TPSA) is 48.4 Å². The summed E-state index contributed by atoms with van der Waals surface area (Å²) in [6.07, 6.45) is 1.31. The molecule has 0 atom stereocenters. The number of ether oxygens (including phenoxy) is 2. The second kappa shape index (κ2) is 9.70. The molecule has 1 heterocycles. The Labute approximate surface area is 193 Å². The first kappa shape index (κ1) is 21.0. The predicted molar refractivity (Wildman–Crippen MR) is 128 cm³/mol. The lowest BCUT2D eigenvalue weighted by Crippen LogP contribution is -2.20. The third-order valence-corrected chi connectivity index (χ3v) is 5.92. The van der Waals surface area contributed by atoms with Gasteiger partial charge in [-0.05, 0) is 34.2 Å². The predicted octanol–water partition coefficient (Wildman–Crippen LogP) is 6.35. The molecule has 0 amide bonds. The number of pyridine rings is 1. The number of ketones is 1. The van der Waals surface area contributed by atoms with Crippen molar-refractivity contribution >= 4 is 5.78 Å². The summed E-state index contributed by atoms with van der Waals surface area (Å²) in [7, 11) is 0. The third kappa shape index (κ3) is 5.12. The minimum absolute atomic E-state index is 0.343. The zero-order valence-corrected chi connectivity index (χ0v) is 18.3. The Morgan fingerprint density at radius 3 is 1.91 bits per heavy atom. The Hall–Kier alpha value is -3.92. The van der Waals surface area contributed by atoms with Gasteiger partial charge in [0.15, 0.2) is 0 Å². The molecule has 4 heteroatoms. The van der Waals surface area contributed by atoms with Crippen molar-refractivity contribution < 1.29 is 14.3 Å². The van der Waals surface area contributed by atoms with Gasteiger partial charge >= 0.3 is 0 Å². The van der Waals surface area contributed by atoms with E-state index < -0.39 is 0 Å². The monoisotopic (exact) mass is 435 g/mol. The van der Waals surface area contributed by atoms with Crippen molar-refractivity contribution in [3.8, 4) is 22.9 Å². The maximum Gasteiger partial charge on any atom is 0.225 e. The molecule has 3 aromatic carbocycles. The van der Waals surface area contributed by atoms with Crippen molar-refractivity contribution in [2.45, 2.75) is 32.0 Å². The summed E-state index contributed by atoms with van der Waals surface area (Å²) in [5, 5.41) is 0. The number of rotatable bonds is 8. The van der Waals surface area contributed by atoms with Crippen LogP contribution in [0, 0.1) is 0 Å². The van der Waals surface area contributed by atoms with Crippen LogP contribution in [0.25, 0.3) is 11.1 Å². The summed E-state index contributed by atoms with van der Waals surface area (Å²) < 4.78 is 12.1. The molecule has 0 unspecified atom stereocenters. The van der Waals surface area contributed by atoms with Crippen molar-refractivity contribution in [3.05, 3.63) is 114 Å². The minimum Gasteiger partial charge on any atom is -0.473 e. The minimum atomic E-state index is 0.343. The molecule has 0 aliphatic heterocycles. The molecule has 4 aromatic rings. The van der Waals surface area contributed by atoms with Crippen LogP contribution >= 0.6 is 0 Å². The van der Waals surface area contributed by atoms with E-state index in [9.17, 15) is 4.79 Å². The molecule has 33 heavy (non-hydrogen) atoms. The van der Waals surface area contributed by atoms with Crippen LogP contribution in [0.2, 0.25) is 0 Å². The van der Waals surface area contributed by atoms with Crippen LogP contribution in [0.15, 0.2) is 97.1 Å². The van der Waals surface area contributed by atoms with E-state index in [-0.39, 0.29) is 0 Å². The number of benzene rings is 3. The SMILES string of the molecule is O=C1CC(c2ccc(-c3ccc(OCc4ccccc4)nc3OCc3ccccc3)cc2)C1. The molecule has 4 nitrogen and oxygen atoms in total. The van der Waals surface area contributed by atoms with Crippen LogP contribution in [0.1, 0.15) is 35.4 Å². The second-order valence-corrected chi connectivity index (χ2v) is 8.32. The highest BCUT2D eigenvalue weighted by molar-refractivity contribution is 5.86. The van der Waals surface area contributed by atoms with Crippen molar-refractivity contribution in [1.29, 1.82) is 0 Å². The van der Waals surface area contributed by atoms with E-state index >= 15 is 0 Å². The summed E-state index contributed by atoms with van der Waals surface area (Å²) in [6.45, 7) is 0.866. The number of hydrogen-bond acceptors (Lipinski definition) is 4. The van der Waals surface area contributed by atoms with Crippen LogP contribution in [-0.2, 0) is 18.0 Å². The van der Waals surface area contributed by atoms with E-state index in [1.165, 1.54) is 5.56 Å². The largest absolute Gasteiger partial charge is 0.473 e. The number of nitrogens with zero attached hydrogens (tertiary/aromatic N) is 1. The average molecular weight is 436 g/mol. The highest BCUT2D eigenvalue weighted by Gasteiger charge is 2.27. The van der Waals surface area contributed by atoms with Gasteiger partial charge in [-0.3, -0.25) is 4.79 Å². The smallest absolute Gasteiger partial charge is 0.225 e. The van der Waals surface area contributed by atoms with Crippen LogP contribution in [0.4, 0.5) is 0 Å². The fourth-order valence-corrected chi connectivity index (χ4v) is 3.95. The summed E-state index contributed by atoms with van der Waals surface area (Å²) >= 11 is 0. The van der Waals surface area contributed by atoms with Crippen molar-refractivity contribution in [2.75, 3.05) is 0 Å². The zero-order chi connectivity index (χ0) is 22.5. The standard InChI is InChI=1S/C29H25NO3/c31-26-17-25(18-26)23-11-13-24(14-12-23)27-15-16-28(32-19-21-7-3-1-4-8-21)30-29(27)33-20-22-9-5-2-6-10-22/h1-16,25H,17-20H2. The van der Waals surface area contributed by atoms with Gasteiger partial charge in [0.25, 0.3) is 0 Å². The highest BCUT2D eigenvalue weighted by Crippen LogP contribution is 2.36. The summed E-state index contributed by atoms with van der Waals surface area (Å²) in [5.41, 5.74) is 5.30. The fourth-order valence-electron chi connectivity index (χ4n) is 3.95. The molecule has 1 saturated carbocycles. The Kier molecular flexibility index (Phi) is 6.16. The lowest BCUT2D eigenvalue weighted by atomic mass is 9.78. The summed E-state index contributed by atoms with van der Waals surface area (Å²) in [4.78, 5) is 16.0.